The van der Waals surface area contributed by atoms with Crippen LogP contribution in [0.25, 0.3) is 11.1 Å². The molecule has 0 saturated heterocycles. The Balaban J connectivity index is 2.00. The fraction of sp³-hybridized carbons (Fsp3) is 0.350. The van der Waals surface area contributed by atoms with Crippen molar-refractivity contribution in [2.45, 2.75) is 32.7 Å². The Kier molecular flexibility index (Phi) is 6.97. The van der Waals surface area contributed by atoms with Crippen LogP contribution in [0.3, 0.4) is 0 Å². The van der Waals surface area contributed by atoms with Crippen molar-refractivity contribution < 1.29 is 13.9 Å². The summed E-state index contributed by atoms with van der Waals surface area (Å²) in [5.74, 6) is -0.753. The predicted molar refractivity (Wildman–Crippen MR) is 98.9 cm³/mol. The predicted octanol–water partition coefficient (Wildman–Crippen LogP) is 4.61. The normalized spacial score (nSPS) is 13.3. The van der Waals surface area contributed by atoms with Crippen molar-refractivity contribution in [1.82, 2.24) is 0 Å². The fourth-order valence-corrected chi connectivity index (χ4v) is 2.93. The van der Waals surface area contributed by atoms with Crippen molar-refractivity contribution >= 4 is 17.6 Å². The second-order valence-electron chi connectivity index (χ2n) is 6.17. The van der Waals surface area contributed by atoms with Crippen molar-refractivity contribution in [3.05, 3.63) is 58.9 Å². The lowest BCUT2D eigenvalue weighted by molar-refractivity contribution is -0.147. The minimum Gasteiger partial charge on any atom is -0.466 e. The molecule has 25 heavy (non-hydrogen) atoms. The number of ether oxygens (including phenoxy) is 1. The lowest BCUT2D eigenvalue weighted by atomic mass is 9.95. The zero-order valence-corrected chi connectivity index (χ0v) is 15.2. The monoisotopic (exact) mass is 363 g/mol. The van der Waals surface area contributed by atoms with E-state index in [1.54, 1.807) is 13.0 Å². The maximum absolute atomic E-state index is 13.9. The number of benzene rings is 2. The van der Waals surface area contributed by atoms with Crippen LogP contribution in [0.5, 0.6) is 0 Å². The van der Waals surface area contributed by atoms with Crippen LogP contribution in [0, 0.1) is 11.7 Å². The van der Waals surface area contributed by atoms with E-state index < -0.39 is 0 Å². The van der Waals surface area contributed by atoms with E-state index in [2.05, 4.69) is 0 Å². The lowest BCUT2D eigenvalue weighted by Crippen LogP contribution is -2.29. The Bertz CT molecular complexity index is 718. The highest BCUT2D eigenvalue weighted by atomic mass is 35.5. The zero-order chi connectivity index (χ0) is 18.4. The molecule has 0 heterocycles. The third-order valence-corrected chi connectivity index (χ3v) is 4.27. The van der Waals surface area contributed by atoms with Gasteiger partial charge in [0.2, 0.25) is 0 Å². The second-order valence-corrected chi connectivity index (χ2v) is 6.61. The Morgan fingerprint density at radius 1 is 1.24 bits per heavy atom. The third-order valence-electron chi connectivity index (χ3n) is 4.04. The van der Waals surface area contributed by atoms with Gasteiger partial charge in [0.15, 0.2) is 0 Å². The molecule has 2 aromatic carbocycles. The molecule has 2 aromatic rings. The van der Waals surface area contributed by atoms with Gasteiger partial charge in [-0.2, -0.15) is 0 Å². The molecule has 0 saturated carbocycles. The van der Waals surface area contributed by atoms with Crippen molar-refractivity contribution in [3.8, 4) is 11.1 Å². The SMILES string of the molecule is CCOC(=O)[C@H](C)C[C@H](N)Cc1ccc(-c2cc(Cl)ccc2F)cc1. The van der Waals surface area contributed by atoms with Crippen LogP contribution in [0.2, 0.25) is 5.02 Å². The molecule has 2 atom stereocenters. The molecule has 0 bridgehead atoms. The summed E-state index contributed by atoms with van der Waals surface area (Å²) in [6, 6.07) is 11.9. The molecule has 0 amide bonds. The van der Waals surface area contributed by atoms with E-state index in [0.717, 1.165) is 11.1 Å². The number of nitrogens with two attached hydrogens (primary N) is 1. The van der Waals surface area contributed by atoms with Gasteiger partial charge in [-0.05, 0) is 49.1 Å². The maximum atomic E-state index is 13.9. The quantitative estimate of drug-likeness (QED) is 0.731. The van der Waals surface area contributed by atoms with Gasteiger partial charge < -0.3 is 10.5 Å². The van der Waals surface area contributed by atoms with Crippen molar-refractivity contribution in [1.29, 1.82) is 0 Å². The maximum Gasteiger partial charge on any atom is 0.308 e. The molecule has 0 spiro atoms. The molecule has 2 rings (SSSR count). The molecule has 0 unspecified atom stereocenters. The van der Waals surface area contributed by atoms with E-state index in [9.17, 15) is 9.18 Å². The number of rotatable bonds is 7. The average Bonchev–Trinajstić information content (AvgIpc) is 2.58. The number of hydrogen-bond acceptors (Lipinski definition) is 3. The van der Waals surface area contributed by atoms with Gasteiger partial charge in [0.25, 0.3) is 0 Å². The highest BCUT2D eigenvalue weighted by Gasteiger charge is 2.18. The fourth-order valence-electron chi connectivity index (χ4n) is 2.76. The molecular formula is C20H23ClFNO2. The molecule has 134 valence electrons. The molecule has 2 N–H and O–H groups in total. The summed E-state index contributed by atoms with van der Waals surface area (Å²) in [5.41, 5.74) is 8.42. The molecule has 5 heteroatoms. The van der Waals surface area contributed by atoms with Gasteiger partial charge in [-0.15, -0.1) is 0 Å². The van der Waals surface area contributed by atoms with E-state index in [1.165, 1.54) is 12.1 Å². The van der Waals surface area contributed by atoms with Gasteiger partial charge in [-0.25, -0.2) is 4.39 Å². The van der Waals surface area contributed by atoms with E-state index in [1.807, 2.05) is 31.2 Å². The number of hydrogen-bond donors (Lipinski definition) is 1. The van der Waals surface area contributed by atoms with Crippen molar-refractivity contribution in [2.24, 2.45) is 11.7 Å². The number of carbonyl (C=O) groups excluding carboxylic acids is 1. The van der Waals surface area contributed by atoms with Crippen LogP contribution in [-0.4, -0.2) is 18.6 Å². The van der Waals surface area contributed by atoms with Crippen molar-refractivity contribution in [3.63, 3.8) is 0 Å². The first-order valence-electron chi connectivity index (χ1n) is 8.37. The molecule has 3 nitrogen and oxygen atoms in total. The summed E-state index contributed by atoms with van der Waals surface area (Å²) in [6.45, 7) is 3.98. The Morgan fingerprint density at radius 2 is 1.92 bits per heavy atom. The molecule has 0 aliphatic rings. The Labute approximate surface area is 152 Å². The minimum absolute atomic E-state index is 0.145. The first-order chi connectivity index (χ1) is 11.9. The van der Waals surface area contributed by atoms with Crippen LogP contribution in [0.1, 0.15) is 25.8 Å². The van der Waals surface area contributed by atoms with E-state index in [-0.39, 0.29) is 23.7 Å². The summed E-state index contributed by atoms with van der Waals surface area (Å²) in [7, 11) is 0. The summed E-state index contributed by atoms with van der Waals surface area (Å²) < 4.78 is 18.9. The highest BCUT2D eigenvalue weighted by molar-refractivity contribution is 6.30. The van der Waals surface area contributed by atoms with E-state index in [4.69, 9.17) is 22.1 Å². The molecule has 0 aromatic heterocycles. The molecule has 0 radical (unpaired) electrons. The summed E-state index contributed by atoms with van der Waals surface area (Å²) >= 11 is 5.94. The Morgan fingerprint density at radius 3 is 2.56 bits per heavy atom. The van der Waals surface area contributed by atoms with Gasteiger partial charge >= 0.3 is 5.97 Å². The first-order valence-corrected chi connectivity index (χ1v) is 8.75. The van der Waals surface area contributed by atoms with Crippen LogP contribution < -0.4 is 5.73 Å². The van der Waals surface area contributed by atoms with Crippen LogP contribution in [0.4, 0.5) is 4.39 Å². The van der Waals surface area contributed by atoms with Crippen LogP contribution >= 0.6 is 11.6 Å². The zero-order valence-electron chi connectivity index (χ0n) is 14.5. The van der Waals surface area contributed by atoms with Crippen molar-refractivity contribution in [2.75, 3.05) is 6.61 Å². The Hall–Kier alpha value is -1.91. The highest BCUT2D eigenvalue weighted by Crippen LogP contribution is 2.26. The van der Waals surface area contributed by atoms with Gasteiger partial charge in [0, 0.05) is 16.6 Å². The smallest absolute Gasteiger partial charge is 0.308 e. The lowest BCUT2D eigenvalue weighted by Gasteiger charge is -2.16. The number of esters is 1. The van der Waals surface area contributed by atoms with Crippen LogP contribution in [-0.2, 0) is 16.0 Å². The minimum atomic E-state index is -0.308. The second kappa shape index (κ2) is 8.97. The summed E-state index contributed by atoms with van der Waals surface area (Å²) in [5, 5.41) is 0.496. The standard InChI is InChI=1S/C20H23ClFNO2/c1-3-25-20(24)13(2)10-17(23)11-14-4-6-15(7-5-14)18-12-16(21)8-9-19(18)22/h4-9,12-13,17H,3,10-11,23H2,1-2H3/t13-,17+/m1/s1. The third kappa shape index (κ3) is 5.55. The summed E-state index contributed by atoms with van der Waals surface area (Å²) in [4.78, 5) is 11.7. The van der Waals surface area contributed by atoms with Gasteiger partial charge in [0.05, 0.1) is 12.5 Å². The molecule has 0 aliphatic carbocycles. The number of carbonyl (C=O) groups is 1. The first kappa shape index (κ1) is 19.4. The number of halogens is 2. The van der Waals surface area contributed by atoms with E-state index in [0.29, 0.717) is 30.0 Å². The molecule has 0 aliphatic heterocycles. The van der Waals surface area contributed by atoms with Gasteiger partial charge in [-0.3, -0.25) is 4.79 Å². The van der Waals surface area contributed by atoms with Gasteiger partial charge in [0.1, 0.15) is 5.82 Å². The van der Waals surface area contributed by atoms with Gasteiger partial charge in [-0.1, -0.05) is 42.8 Å². The largest absolute Gasteiger partial charge is 0.466 e. The molecule has 0 fully saturated rings. The van der Waals surface area contributed by atoms with Crippen LogP contribution in [0.15, 0.2) is 42.5 Å². The topological polar surface area (TPSA) is 52.3 Å². The van der Waals surface area contributed by atoms with E-state index >= 15 is 0 Å². The summed E-state index contributed by atoms with van der Waals surface area (Å²) in [6.07, 6.45) is 1.20. The molecular weight excluding hydrogens is 341 g/mol. The average molecular weight is 364 g/mol.